The van der Waals surface area contributed by atoms with Gasteiger partial charge in [-0.25, -0.2) is 0 Å². The van der Waals surface area contributed by atoms with Crippen molar-refractivity contribution in [2.24, 2.45) is 0 Å². The molecule has 1 amide bonds. The number of likely N-dealkylation sites (N-methyl/N-ethyl adjacent to an activating group) is 1. The lowest BCUT2D eigenvalue weighted by Crippen LogP contribution is -2.43. The van der Waals surface area contributed by atoms with E-state index < -0.39 is 4.92 Å². The molecule has 0 radical (unpaired) electrons. The van der Waals surface area contributed by atoms with Crippen molar-refractivity contribution >= 4 is 11.6 Å². The van der Waals surface area contributed by atoms with Crippen molar-refractivity contribution in [3.63, 3.8) is 0 Å². The first kappa shape index (κ1) is 17.5. The van der Waals surface area contributed by atoms with Crippen molar-refractivity contribution in [1.29, 1.82) is 0 Å². The van der Waals surface area contributed by atoms with Gasteiger partial charge in [-0.3, -0.25) is 14.9 Å². The summed E-state index contributed by atoms with van der Waals surface area (Å²) in [6, 6.07) is 13.3. The number of nitrogens with zero attached hydrogens (tertiary/aromatic N) is 2. The van der Waals surface area contributed by atoms with Crippen molar-refractivity contribution in [2.45, 2.75) is 6.10 Å². The predicted octanol–water partition coefficient (Wildman–Crippen LogP) is 2.27. The maximum absolute atomic E-state index is 12.3. The molecule has 0 saturated carbocycles. The molecule has 8 heteroatoms. The fourth-order valence-electron chi connectivity index (χ4n) is 2.54. The lowest BCUT2D eigenvalue weighted by Gasteiger charge is -2.29. The average Bonchev–Trinajstić information content (AvgIpc) is 2.66. The number of carbonyl (C=O) groups excluding carboxylic acids is 1. The van der Waals surface area contributed by atoms with Gasteiger partial charge in [-0.1, -0.05) is 24.3 Å². The first-order valence-corrected chi connectivity index (χ1v) is 8.03. The zero-order valence-corrected chi connectivity index (χ0v) is 14.2. The van der Waals surface area contributed by atoms with Gasteiger partial charge in [0.2, 0.25) is 0 Å². The number of nitro benzene ring substituents is 1. The van der Waals surface area contributed by atoms with Crippen LogP contribution in [0.25, 0.3) is 0 Å². The Kier molecular flexibility index (Phi) is 5.21. The lowest BCUT2D eigenvalue weighted by molar-refractivity contribution is -0.385. The van der Waals surface area contributed by atoms with E-state index in [1.807, 2.05) is 18.2 Å². The van der Waals surface area contributed by atoms with Gasteiger partial charge in [-0.05, 0) is 18.2 Å². The highest BCUT2D eigenvalue weighted by molar-refractivity contribution is 5.77. The number of benzene rings is 2. The molecule has 136 valence electrons. The Bertz CT molecular complexity index is 810. The number of ether oxygens (including phenoxy) is 3. The fraction of sp³-hybridized carbons (Fsp3) is 0.278. The fourth-order valence-corrected chi connectivity index (χ4v) is 2.54. The van der Waals surface area contributed by atoms with Crippen LogP contribution in [0.5, 0.6) is 17.2 Å². The molecule has 3 rings (SSSR count). The molecule has 1 aliphatic rings. The Balaban J connectivity index is 1.54. The highest BCUT2D eigenvalue weighted by Gasteiger charge is 2.24. The van der Waals surface area contributed by atoms with Crippen LogP contribution in [0.3, 0.4) is 0 Å². The number of para-hydroxylation sites is 4. The van der Waals surface area contributed by atoms with Crippen LogP contribution in [0.1, 0.15) is 0 Å². The van der Waals surface area contributed by atoms with Gasteiger partial charge in [-0.15, -0.1) is 0 Å². The lowest BCUT2D eigenvalue weighted by atomic mass is 10.2. The topological polar surface area (TPSA) is 91.1 Å². The minimum Gasteiger partial charge on any atom is -0.486 e. The number of hydrogen-bond donors (Lipinski definition) is 0. The summed E-state index contributed by atoms with van der Waals surface area (Å²) >= 11 is 0. The van der Waals surface area contributed by atoms with Crippen LogP contribution in [0.2, 0.25) is 0 Å². The summed E-state index contributed by atoms with van der Waals surface area (Å²) in [4.78, 5) is 24.1. The monoisotopic (exact) mass is 358 g/mol. The van der Waals surface area contributed by atoms with Crippen LogP contribution in [0.15, 0.2) is 48.5 Å². The van der Waals surface area contributed by atoms with E-state index in [1.54, 1.807) is 19.2 Å². The molecule has 0 aliphatic carbocycles. The summed E-state index contributed by atoms with van der Waals surface area (Å²) in [7, 11) is 1.62. The quantitative estimate of drug-likeness (QED) is 0.581. The van der Waals surface area contributed by atoms with E-state index in [0.717, 1.165) is 0 Å². The molecule has 26 heavy (non-hydrogen) atoms. The molecule has 0 N–H and O–H groups in total. The summed E-state index contributed by atoms with van der Waals surface area (Å²) in [6.07, 6.45) is -0.301. The molecule has 1 heterocycles. The van der Waals surface area contributed by atoms with E-state index in [0.29, 0.717) is 24.7 Å². The minimum absolute atomic E-state index is 0.0606. The molecule has 0 bridgehead atoms. The maximum atomic E-state index is 12.3. The molecule has 8 nitrogen and oxygen atoms in total. The van der Waals surface area contributed by atoms with Gasteiger partial charge in [0.15, 0.2) is 30.0 Å². The van der Waals surface area contributed by atoms with E-state index in [-0.39, 0.29) is 30.1 Å². The van der Waals surface area contributed by atoms with Gasteiger partial charge in [0, 0.05) is 13.1 Å². The molecule has 2 aromatic rings. The molecule has 0 saturated heterocycles. The first-order chi connectivity index (χ1) is 12.5. The van der Waals surface area contributed by atoms with Crippen LogP contribution in [-0.2, 0) is 4.79 Å². The Morgan fingerprint density at radius 1 is 1.23 bits per heavy atom. The molecule has 0 fully saturated rings. The van der Waals surface area contributed by atoms with Crippen molar-refractivity contribution in [1.82, 2.24) is 4.90 Å². The van der Waals surface area contributed by atoms with Crippen molar-refractivity contribution in [3.05, 3.63) is 58.6 Å². The Hall–Kier alpha value is -3.29. The van der Waals surface area contributed by atoms with Gasteiger partial charge >= 0.3 is 5.69 Å². The molecule has 0 aromatic heterocycles. The van der Waals surface area contributed by atoms with E-state index in [9.17, 15) is 14.9 Å². The first-order valence-electron chi connectivity index (χ1n) is 8.03. The zero-order chi connectivity index (χ0) is 18.5. The molecular formula is C18H18N2O6. The summed E-state index contributed by atoms with van der Waals surface area (Å²) in [5, 5.41) is 11.0. The van der Waals surface area contributed by atoms with Crippen LogP contribution >= 0.6 is 0 Å². The number of hydrogen-bond acceptors (Lipinski definition) is 6. The molecule has 0 unspecified atom stereocenters. The Labute approximate surface area is 150 Å². The summed E-state index contributed by atoms with van der Waals surface area (Å²) in [5.74, 6) is 1.06. The van der Waals surface area contributed by atoms with E-state index >= 15 is 0 Å². The van der Waals surface area contributed by atoms with Gasteiger partial charge in [0.05, 0.1) is 11.5 Å². The van der Waals surface area contributed by atoms with Crippen LogP contribution in [0.4, 0.5) is 5.69 Å². The van der Waals surface area contributed by atoms with Crippen LogP contribution in [-0.4, -0.2) is 48.6 Å². The second kappa shape index (κ2) is 7.73. The van der Waals surface area contributed by atoms with Crippen molar-refractivity contribution < 1.29 is 23.9 Å². The normalized spacial score (nSPS) is 15.2. The number of nitro groups is 1. The van der Waals surface area contributed by atoms with Crippen molar-refractivity contribution in [3.8, 4) is 17.2 Å². The highest BCUT2D eigenvalue weighted by Crippen LogP contribution is 2.31. The number of amides is 1. The standard InChI is InChI=1S/C18H18N2O6/c1-19(10-13-11-24-16-8-4-5-9-17(16)26-13)18(21)12-25-15-7-3-2-6-14(15)20(22)23/h2-9,13H,10-12H2,1H3/t13-/m0/s1. The minimum atomic E-state index is -0.547. The van der Waals surface area contributed by atoms with E-state index in [2.05, 4.69) is 0 Å². The predicted molar refractivity (Wildman–Crippen MR) is 92.6 cm³/mol. The zero-order valence-electron chi connectivity index (χ0n) is 14.2. The SMILES string of the molecule is CN(C[C@H]1COc2ccccc2O1)C(=O)COc1ccccc1[N+](=O)[O-]. The van der Waals surface area contributed by atoms with Gasteiger partial charge < -0.3 is 19.1 Å². The summed E-state index contributed by atoms with van der Waals surface area (Å²) in [6.45, 7) is 0.346. The third-order valence-corrected chi connectivity index (χ3v) is 3.88. The van der Waals surface area contributed by atoms with E-state index in [4.69, 9.17) is 14.2 Å². The maximum Gasteiger partial charge on any atom is 0.310 e. The third kappa shape index (κ3) is 4.02. The molecule has 1 atom stereocenters. The second-order valence-corrected chi connectivity index (χ2v) is 5.79. The van der Waals surface area contributed by atoms with Crippen LogP contribution < -0.4 is 14.2 Å². The number of rotatable bonds is 6. The van der Waals surface area contributed by atoms with Crippen LogP contribution in [0, 0.1) is 10.1 Å². The average molecular weight is 358 g/mol. The summed E-state index contributed by atoms with van der Waals surface area (Å²) in [5.41, 5.74) is -0.177. The van der Waals surface area contributed by atoms with Gasteiger partial charge in [-0.2, -0.15) is 0 Å². The van der Waals surface area contributed by atoms with E-state index in [1.165, 1.54) is 23.1 Å². The Morgan fingerprint density at radius 3 is 2.69 bits per heavy atom. The molecular weight excluding hydrogens is 340 g/mol. The highest BCUT2D eigenvalue weighted by atomic mass is 16.6. The molecule has 1 aliphatic heterocycles. The second-order valence-electron chi connectivity index (χ2n) is 5.79. The number of carbonyl (C=O) groups is 1. The largest absolute Gasteiger partial charge is 0.486 e. The molecule has 2 aromatic carbocycles. The summed E-state index contributed by atoms with van der Waals surface area (Å²) < 4.78 is 16.8. The number of fused-ring (bicyclic) bond motifs is 1. The van der Waals surface area contributed by atoms with Gasteiger partial charge in [0.1, 0.15) is 6.61 Å². The van der Waals surface area contributed by atoms with Crippen molar-refractivity contribution in [2.75, 3.05) is 26.8 Å². The van der Waals surface area contributed by atoms with Gasteiger partial charge in [0.25, 0.3) is 5.91 Å². The molecule has 0 spiro atoms. The Morgan fingerprint density at radius 2 is 1.92 bits per heavy atom. The third-order valence-electron chi connectivity index (χ3n) is 3.88. The smallest absolute Gasteiger partial charge is 0.310 e.